The van der Waals surface area contributed by atoms with E-state index in [1.165, 1.54) is 0 Å². The van der Waals surface area contributed by atoms with Crippen LogP contribution in [0, 0.1) is 0 Å². The Bertz CT molecular complexity index is 270. The van der Waals surface area contributed by atoms with Gasteiger partial charge in [0, 0.05) is 32.1 Å². The third-order valence-corrected chi connectivity index (χ3v) is 2.87. The minimum absolute atomic E-state index is 0.143. The van der Waals surface area contributed by atoms with Gasteiger partial charge in [-0.3, -0.25) is 9.79 Å². The predicted octanol–water partition coefficient (Wildman–Crippen LogP) is 0.702. The maximum Gasteiger partial charge on any atom is 0.220 e. The van der Waals surface area contributed by atoms with Gasteiger partial charge in [0.25, 0.3) is 0 Å². The Hall–Kier alpha value is -1.26. The van der Waals surface area contributed by atoms with Crippen LogP contribution in [0.3, 0.4) is 0 Å². The van der Waals surface area contributed by atoms with Crippen LogP contribution < -0.4 is 11.1 Å². The van der Waals surface area contributed by atoms with Crippen molar-refractivity contribution in [2.75, 3.05) is 19.6 Å². The smallest absolute Gasteiger partial charge is 0.220 e. The zero-order chi connectivity index (χ0) is 12.7. The van der Waals surface area contributed by atoms with Gasteiger partial charge in [-0.05, 0) is 33.1 Å². The molecule has 1 rings (SSSR count). The normalized spacial score (nSPS) is 15.8. The largest absolute Gasteiger partial charge is 0.370 e. The van der Waals surface area contributed by atoms with Gasteiger partial charge < -0.3 is 16.0 Å². The molecule has 5 nitrogen and oxygen atoms in total. The molecule has 0 saturated heterocycles. The number of nitrogens with one attached hydrogen (secondary N) is 1. The van der Waals surface area contributed by atoms with Crippen LogP contribution in [0.4, 0.5) is 0 Å². The number of amides is 1. The molecule has 3 N–H and O–H groups in total. The highest BCUT2D eigenvalue weighted by Crippen LogP contribution is 2.18. The molecule has 98 valence electrons. The van der Waals surface area contributed by atoms with Gasteiger partial charge in [-0.15, -0.1) is 0 Å². The van der Waals surface area contributed by atoms with E-state index in [-0.39, 0.29) is 5.91 Å². The second-order valence-corrected chi connectivity index (χ2v) is 4.36. The molecule has 1 saturated carbocycles. The third kappa shape index (κ3) is 5.56. The van der Waals surface area contributed by atoms with Crippen molar-refractivity contribution in [2.24, 2.45) is 10.7 Å². The van der Waals surface area contributed by atoms with Crippen molar-refractivity contribution in [1.82, 2.24) is 10.2 Å². The fraction of sp³-hybridized carbons (Fsp3) is 0.833. The number of carbonyl (C=O) groups excluding carboxylic acids is 1. The second-order valence-electron chi connectivity index (χ2n) is 4.36. The minimum Gasteiger partial charge on any atom is -0.370 e. The fourth-order valence-electron chi connectivity index (χ4n) is 1.61. The summed E-state index contributed by atoms with van der Waals surface area (Å²) in [6, 6.07) is 0.451. The van der Waals surface area contributed by atoms with Crippen molar-refractivity contribution in [3.63, 3.8) is 0 Å². The lowest BCUT2D eigenvalue weighted by Crippen LogP contribution is -2.37. The number of nitrogens with zero attached hydrogens (tertiary/aromatic N) is 2. The van der Waals surface area contributed by atoms with Crippen molar-refractivity contribution in [3.8, 4) is 0 Å². The summed E-state index contributed by atoms with van der Waals surface area (Å²) in [6.45, 7) is 6.46. The maximum atomic E-state index is 11.4. The van der Waals surface area contributed by atoms with E-state index in [1.807, 2.05) is 4.90 Å². The number of nitrogens with two attached hydrogens (primary N) is 1. The number of aliphatic imine (C=N–C) groups is 1. The molecule has 1 aliphatic carbocycles. The second kappa shape index (κ2) is 7.14. The summed E-state index contributed by atoms with van der Waals surface area (Å²) in [6.07, 6.45) is 3.59. The molecule has 0 unspecified atom stereocenters. The average molecular weight is 240 g/mol. The van der Waals surface area contributed by atoms with Gasteiger partial charge in [-0.2, -0.15) is 0 Å². The van der Waals surface area contributed by atoms with Gasteiger partial charge in [0.15, 0.2) is 5.96 Å². The third-order valence-electron chi connectivity index (χ3n) is 2.87. The number of hydrogen-bond donors (Lipinski definition) is 2. The fourth-order valence-corrected chi connectivity index (χ4v) is 1.61. The van der Waals surface area contributed by atoms with Crippen LogP contribution in [0.2, 0.25) is 0 Å². The van der Waals surface area contributed by atoms with Gasteiger partial charge in [0.2, 0.25) is 5.91 Å². The molecule has 0 bridgehead atoms. The Kier molecular flexibility index (Phi) is 5.80. The Labute approximate surface area is 103 Å². The highest BCUT2D eigenvalue weighted by Gasteiger charge is 2.22. The highest BCUT2D eigenvalue weighted by atomic mass is 16.1. The summed E-state index contributed by atoms with van der Waals surface area (Å²) < 4.78 is 0. The summed E-state index contributed by atoms with van der Waals surface area (Å²) in [5.74, 6) is 0.724. The zero-order valence-electron chi connectivity index (χ0n) is 10.9. The standard InChI is InChI=1S/C12H24N4O/c1-3-16(4-2)12(13)14-9-5-6-11(17)15-10-7-8-10/h10H,3-9H2,1-2H3,(H2,13,14)(H,15,17). The molecule has 0 aromatic rings. The van der Waals surface area contributed by atoms with Crippen LogP contribution in [0.15, 0.2) is 4.99 Å². The van der Waals surface area contributed by atoms with E-state index in [2.05, 4.69) is 24.2 Å². The monoisotopic (exact) mass is 240 g/mol. The summed E-state index contributed by atoms with van der Waals surface area (Å²) in [5.41, 5.74) is 5.82. The summed E-state index contributed by atoms with van der Waals surface area (Å²) in [5, 5.41) is 2.96. The van der Waals surface area contributed by atoms with Crippen LogP contribution in [0.25, 0.3) is 0 Å². The molecule has 1 aliphatic rings. The zero-order valence-corrected chi connectivity index (χ0v) is 10.9. The molecule has 1 amide bonds. The lowest BCUT2D eigenvalue weighted by atomic mass is 10.3. The van der Waals surface area contributed by atoms with Crippen molar-refractivity contribution < 1.29 is 4.79 Å². The van der Waals surface area contributed by atoms with Crippen molar-refractivity contribution in [3.05, 3.63) is 0 Å². The van der Waals surface area contributed by atoms with E-state index < -0.39 is 0 Å². The molecule has 0 atom stereocenters. The summed E-state index contributed by atoms with van der Waals surface area (Å²) in [4.78, 5) is 17.7. The molecular weight excluding hydrogens is 216 g/mol. The molecule has 1 fully saturated rings. The lowest BCUT2D eigenvalue weighted by molar-refractivity contribution is -0.121. The Morgan fingerprint density at radius 2 is 2.06 bits per heavy atom. The lowest BCUT2D eigenvalue weighted by Gasteiger charge is -2.19. The molecule has 0 aromatic carbocycles. The molecule has 5 heteroatoms. The van der Waals surface area contributed by atoms with Crippen molar-refractivity contribution in [2.45, 2.75) is 45.6 Å². The Morgan fingerprint density at radius 1 is 1.41 bits per heavy atom. The number of carbonyl (C=O) groups is 1. The van der Waals surface area contributed by atoms with Crippen LogP contribution in [-0.4, -0.2) is 42.4 Å². The van der Waals surface area contributed by atoms with Gasteiger partial charge in [-0.25, -0.2) is 0 Å². The molecular formula is C12H24N4O. The molecule has 0 spiro atoms. The van der Waals surface area contributed by atoms with Crippen molar-refractivity contribution in [1.29, 1.82) is 0 Å². The molecule has 0 heterocycles. The molecule has 0 aliphatic heterocycles. The first-order valence-corrected chi connectivity index (χ1v) is 6.51. The Balaban J connectivity index is 2.12. The summed E-state index contributed by atoms with van der Waals surface area (Å²) in [7, 11) is 0. The topological polar surface area (TPSA) is 70.7 Å². The van der Waals surface area contributed by atoms with Crippen molar-refractivity contribution >= 4 is 11.9 Å². The predicted molar refractivity (Wildman–Crippen MR) is 69.8 cm³/mol. The van der Waals surface area contributed by atoms with E-state index >= 15 is 0 Å². The van der Waals surface area contributed by atoms with Gasteiger partial charge in [0.05, 0.1) is 0 Å². The van der Waals surface area contributed by atoms with Crippen LogP contribution in [0.5, 0.6) is 0 Å². The molecule has 17 heavy (non-hydrogen) atoms. The van der Waals surface area contributed by atoms with E-state index in [1.54, 1.807) is 0 Å². The van der Waals surface area contributed by atoms with Gasteiger partial charge in [0.1, 0.15) is 0 Å². The Morgan fingerprint density at radius 3 is 2.59 bits per heavy atom. The molecule has 0 radical (unpaired) electrons. The van der Waals surface area contributed by atoms with Crippen LogP contribution >= 0.6 is 0 Å². The SMILES string of the molecule is CCN(CC)C(N)=NCCCC(=O)NC1CC1. The first kappa shape index (κ1) is 13.8. The van der Waals surface area contributed by atoms with Crippen LogP contribution in [-0.2, 0) is 4.79 Å². The van der Waals surface area contributed by atoms with E-state index in [4.69, 9.17) is 5.73 Å². The van der Waals surface area contributed by atoms with E-state index in [9.17, 15) is 4.79 Å². The van der Waals surface area contributed by atoms with Crippen LogP contribution in [0.1, 0.15) is 39.5 Å². The number of hydrogen-bond acceptors (Lipinski definition) is 2. The van der Waals surface area contributed by atoms with E-state index in [0.717, 1.165) is 32.4 Å². The average Bonchev–Trinajstić information content (AvgIpc) is 3.10. The van der Waals surface area contributed by atoms with Gasteiger partial charge >= 0.3 is 0 Å². The first-order chi connectivity index (χ1) is 8.17. The summed E-state index contributed by atoms with van der Waals surface area (Å²) >= 11 is 0. The maximum absolute atomic E-state index is 11.4. The first-order valence-electron chi connectivity index (χ1n) is 6.51. The van der Waals surface area contributed by atoms with E-state index in [0.29, 0.717) is 25.0 Å². The van der Waals surface area contributed by atoms with Gasteiger partial charge in [-0.1, -0.05) is 0 Å². The highest BCUT2D eigenvalue weighted by molar-refractivity contribution is 5.78. The minimum atomic E-state index is 0.143. The number of guanidine groups is 1. The number of rotatable bonds is 7. The molecule has 0 aromatic heterocycles. The quantitative estimate of drug-likeness (QED) is 0.391.